The lowest BCUT2D eigenvalue weighted by Crippen LogP contribution is -2.30. The molecule has 2 aliphatic rings. The number of aromatic nitrogens is 3. The van der Waals surface area contributed by atoms with Crippen LogP contribution in [0.1, 0.15) is 48.2 Å². The van der Waals surface area contributed by atoms with Crippen molar-refractivity contribution in [2.24, 2.45) is 0 Å². The van der Waals surface area contributed by atoms with Crippen molar-refractivity contribution in [3.63, 3.8) is 0 Å². The second-order valence-electron chi connectivity index (χ2n) is 9.40. The number of piperidine rings is 1. The van der Waals surface area contributed by atoms with Gasteiger partial charge in [0.05, 0.1) is 6.54 Å². The van der Waals surface area contributed by atoms with Crippen LogP contribution in [0.2, 0.25) is 0 Å². The fourth-order valence-electron chi connectivity index (χ4n) is 5.22. The van der Waals surface area contributed by atoms with Gasteiger partial charge in [-0.15, -0.1) is 10.2 Å². The van der Waals surface area contributed by atoms with Crippen LogP contribution in [-0.2, 0) is 25.1 Å². The maximum absolute atomic E-state index is 13.7. The zero-order valence-electron chi connectivity index (χ0n) is 19.5. The molecule has 0 unspecified atom stereocenters. The molecular weight excluding hydrogens is 463 g/mol. The average molecular weight is 491 g/mol. The molecule has 4 aromatic rings. The molecule has 2 aromatic carbocycles. The molecule has 0 bridgehead atoms. The Hall–Kier alpha value is -2.97. The Labute approximate surface area is 207 Å². The van der Waals surface area contributed by atoms with Gasteiger partial charge in [0.1, 0.15) is 11.4 Å². The summed E-state index contributed by atoms with van der Waals surface area (Å²) >= 11 is 1.54. The van der Waals surface area contributed by atoms with Gasteiger partial charge in [-0.05, 0) is 98.3 Å². The van der Waals surface area contributed by atoms with E-state index in [1.165, 1.54) is 54.3 Å². The highest BCUT2D eigenvalue weighted by Gasteiger charge is 2.20. The Morgan fingerprint density at radius 3 is 2.51 bits per heavy atom. The normalized spacial score (nSPS) is 16.1. The summed E-state index contributed by atoms with van der Waals surface area (Å²) in [6.07, 6.45) is 6.90. The molecule has 3 heterocycles. The molecule has 1 aliphatic heterocycles. The first-order valence-electron chi connectivity index (χ1n) is 12.3. The number of nitrogens with zero attached hydrogens (tertiary/aromatic N) is 4. The largest absolute Gasteiger partial charge is 0.423 e. The van der Waals surface area contributed by atoms with Gasteiger partial charge in [-0.25, -0.2) is 9.18 Å². The number of thioether (sulfide) groups is 1. The lowest BCUT2D eigenvalue weighted by Gasteiger charge is -2.26. The van der Waals surface area contributed by atoms with E-state index >= 15 is 0 Å². The van der Waals surface area contributed by atoms with Crippen molar-refractivity contribution < 1.29 is 8.81 Å². The monoisotopic (exact) mass is 490 g/mol. The van der Waals surface area contributed by atoms with Gasteiger partial charge in [-0.1, -0.05) is 18.2 Å². The van der Waals surface area contributed by atoms with Crippen molar-refractivity contribution in [1.82, 2.24) is 19.7 Å². The van der Waals surface area contributed by atoms with Crippen LogP contribution in [0.15, 0.2) is 56.8 Å². The first-order valence-corrected chi connectivity index (χ1v) is 13.3. The van der Waals surface area contributed by atoms with E-state index in [9.17, 15) is 9.18 Å². The molecule has 6 rings (SSSR count). The summed E-state index contributed by atoms with van der Waals surface area (Å²) in [5, 5.41) is 10.7. The number of likely N-dealkylation sites (tertiary alicyclic amines) is 1. The van der Waals surface area contributed by atoms with E-state index in [0.29, 0.717) is 17.9 Å². The lowest BCUT2D eigenvalue weighted by molar-refractivity contribution is 0.214. The minimum atomic E-state index is -0.336. The maximum atomic E-state index is 13.7. The molecular formula is C27H27FN4O2S. The number of halogens is 1. The van der Waals surface area contributed by atoms with Gasteiger partial charge in [0.15, 0.2) is 11.0 Å². The fraction of sp³-hybridized carbons (Fsp3) is 0.370. The Morgan fingerprint density at radius 2 is 1.71 bits per heavy atom. The van der Waals surface area contributed by atoms with Crippen LogP contribution in [0.3, 0.4) is 0 Å². The van der Waals surface area contributed by atoms with Crippen molar-refractivity contribution in [3.8, 4) is 5.69 Å². The highest BCUT2D eigenvalue weighted by molar-refractivity contribution is 7.98. The van der Waals surface area contributed by atoms with E-state index in [0.717, 1.165) is 60.0 Å². The minimum Gasteiger partial charge on any atom is -0.423 e. The highest BCUT2D eigenvalue weighted by atomic mass is 32.2. The van der Waals surface area contributed by atoms with E-state index in [-0.39, 0.29) is 11.4 Å². The Kier molecular flexibility index (Phi) is 6.16. The predicted molar refractivity (Wildman–Crippen MR) is 135 cm³/mol. The molecule has 0 atom stereocenters. The fourth-order valence-corrected chi connectivity index (χ4v) is 6.18. The van der Waals surface area contributed by atoms with Crippen LogP contribution in [0.4, 0.5) is 4.39 Å². The van der Waals surface area contributed by atoms with Gasteiger partial charge >= 0.3 is 5.63 Å². The van der Waals surface area contributed by atoms with Crippen molar-refractivity contribution >= 4 is 22.7 Å². The third kappa shape index (κ3) is 4.65. The SMILES string of the molecule is O=c1cc(CSc2nnc(CN3CCCCC3)n2-c2ccc(F)cc2)c2cc3c(cc2o1)CCC3. The summed E-state index contributed by atoms with van der Waals surface area (Å²) in [4.78, 5) is 14.7. The molecule has 0 spiro atoms. The standard InChI is InChI=1S/C27H27FN4O2S/c28-21-7-9-22(10-8-21)32-25(16-31-11-2-1-3-12-31)29-30-27(32)35-17-20-15-26(33)34-24-14-19-6-4-5-18(19)13-23(20)24/h7-10,13-15H,1-6,11-12,16-17H2. The van der Waals surface area contributed by atoms with Crippen LogP contribution < -0.4 is 5.63 Å². The Bertz CT molecular complexity index is 1420. The molecule has 0 N–H and O–H groups in total. The maximum Gasteiger partial charge on any atom is 0.336 e. The Morgan fingerprint density at radius 1 is 0.943 bits per heavy atom. The van der Waals surface area contributed by atoms with E-state index < -0.39 is 0 Å². The second kappa shape index (κ2) is 9.59. The molecule has 2 aromatic heterocycles. The van der Waals surface area contributed by atoms with Crippen LogP contribution in [0.5, 0.6) is 0 Å². The number of hydrogen-bond acceptors (Lipinski definition) is 6. The van der Waals surface area contributed by atoms with Crippen LogP contribution >= 0.6 is 11.8 Å². The molecule has 35 heavy (non-hydrogen) atoms. The molecule has 180 valence electrons. The van der Waals surface area contributed by atoms with Crippen molar-refractivity contribution in [3.05, 3.63) is 81.2 Å². The number of hydrogen-bond donors (Lipinski definition) is 0. The van der Waals surface area contributed by atoms with Crippen molar-refractivity contribution in [1.29, 1.82) is 0 Å². The summed E-state index contributed by atoms with van der Waals surface area (Å²) in [6.45, 7) is 2.80. The van der Waals surface area contributed by atoms with E-state index in [1.807, 2.05) is 10.6 Å². The van der Waals surface area contributed by atoms with E-state index in [2.05, 4.69) is 21.2 Å². The molecule has 6 nitrogen and oxygen atoms in total. The summed E-state index contributed by atoms with van der Waals surface area (Å²) in [6, 6.07) is 12.3. The average Bonchev–Trinajstić information content (AvgIpc) is 3.49. The number of rotatable bonds is 6. The first-order chi connectivity index (χ1) is 17.1. The van der Waals surface area contributed by atoms with E-state index in [1.54, 1.807) is 18.2 Å². The lowest BCUT2D eigenvalue weighted by atomic mass is 10.0. The smallest absolute Gasteiger partial charge is 0.336 e. The predicted octanol–water partition coefficient (Wildman–Crippen LogP) is 5.28. The molecule has 1 saturated heterocycles. The zero-order chi connectivity index (χ0) is 23.8. The molecule has 0 amide bonds. The quantitative estimate of drug-likeness (QED) is 0.271. The van der Waals surface area contributed by atoms with Gasteiger partial charge < -0.3 is 4.42 Å². The van der Waals surface area contributed by atoms with Crippen molar-refractivity contribution in [2.75, 3.05) is 13.1 Å². The molecule has 8 heteroatoms. The van der Waals surface area contributed by atoms with Crippen LogP contribution in [0, 0.1) is 5.82 Å². The first kappa shape index (κ1) is 22.5. The minimum absolute atomic E-state index is 0.274. The van der Waals surface area contributed by atoms with Gasteiger partial charge in [-0.3, -0.25) is 9.47 Å². The van der Waals surface area contributed by atoms with Crippen LogP contribution in [0.25, 0.3) is 16.7 Å². The zero-order valence-corrected chi connectivity index (χ0v) is 20.3. The molecule has 0 saturated carbocycles. The van der Waals surface area contributed by atoms with Gasteiger partial charge in [0, 0.05) is 22.9 Å². The Balaban J connectivity index is 1.33. The van der Waals surface area contributed by atoms with E-state index in [4.69, 9.17) is 4.42 Å². The van der Waals surface area contributed by atoms with Gasteiger partial charge in [0.25, 0.3) is 0 Å². The molecule has 1 aliphatic carbocycles. The topological polar surface area (TPSA) is 64.2 Å². The highest BCUT2D eigenvalue weighted by Crippen LogP contribution is 2.32. The number of fused-ring (bicyclic) bond motifs is 2. The molecule has 1 fully saturated rings. The number of benzene rings is 2. The van der Waals surface area contributed by atoms with Crippen LogP contribution in [-0.4, -0.2) is 32.8 Å². The van der Waals surface area contributed by atoms with Gasteiger partial charge in [-0.2, -0.15) is 0 Å². The third-order valence-corrected chi connectivity index (χ3v) is 7.98. The summed E-state index contributed by atoms with van der Waals surface area (Å²) in [5.41, 5.74) is 4.71. The van der Waals surface area contributed by atoms with Gasteiger partial charge in [0.2, 0.25) is 0 Å². The third-order valence-electron chi connectivity index (χ3n) is 7.00. The van der Waals surface area contributed by atoms with Crippen molar-refractivity contribution in [2.45, 2.75) is 56.0 Å². The second-order valence-corrected chi connectivity index (χ2v) is 10.3. The molecule has 0 radical (unpaired) electrons. The summed E-state index contributed by atoms with van der Waals surface area (Å²) in [5.74, 6) is 1.13. The summed E-state index contributed by atoms with van der Waals surface area (Å²) in [7, 11) is 0. The number of aryl methyl sites for hydroxylation is 2. The summed E-state index contributed by atoms with van der Waals surface area (Å²) < 4.78 is 21.2.